The predicted molar refractivity (Wildman–Crippen MR) is 105 cm³/mol. The zero-order valence-corrected chi connectivity index (χ0v) is 16.8. The molecule has 0 spiro atoms. The SMILES string of the molecule is Cn1c(=O)c2ccccc2n2c(SCc3nnc(-c4ccc(Br)o4)o3)nnc12. The quantitative estimate of drug-likeness (QED) is 0.377. The topological polar surface area (TPSA) is 104 Å². The van der Waals surface area contributed by atoms with Gasteiger partial charge in [0.15, 0.2) is 15.6 Å². The Bertz CT molecular complexity index is 1380. The lowest BCUT2D eigenvalue weighted by atomic mass is 10.2. The number of halogens is 1. The van der Waals surface area contributed by atoms with Crippen LogP contribution in [0.25, 0.3) is 28.3 Å². The smallest absolute Gasteiger partial charge is 0.283 e. The van der Waals surface area contributed by atoms with Crippen molar-refractivity contribution in [2.45, 2.75) is 10.9 Å². The van der Waals surface area contributed by atoms with Gasteiger partial charge in [-0.3, -0.25) is 13.8 Å². The first kappa shape index (κ1) is 17.2. The van der Waals surface area contributed by atoms with Crippen LogP contribution in [0.5, 0.6) is 0 Å². The van der Waals surface area contributed by atoms with Crippen molar-refractivity contribution in [1.82, 2.24) is 29.4 Å². The van der Waals surface area contributed by atoms with Crippen LogP contribution in [-0.4, -0.2) is 29.4 Å². The van der Waals surface area contributed by atoms with Crippen molar-refractivity contribution in [3.8, 4) is 11.7 Å². The maximum Gasteiger partial charge on any atom is 0.283 e. The monoisotopic (exact) mass is 458 g/mol. The fourth-order valence-electron chi connectivity index (χ4n) is 2.87. The van der Waals surface area contributed by atoms with E-state index in [0.29, 0.717) is 44.3 Å². The predicted octanol–water partition coefficient (Wildman–Crippen LogP) is 3.28. The minimum absolute atomic E-state index is 0.113. The number of thioether (sulfide) groups is 1. The molecule has 0 aliphatic rings. The molecule has 9 nitrogen and oxygen atoms in total. The van der Waals surface area contributed by atoms with Crippen molar-refractivity contribution in [3.05, 3.63) is 57.3 Å². The highest BCUT2D eigenvalue weighted by atomic mass is 79.9. The molecule has 0 atom stereocenters. The van der Waals surface area contributed by atoms with Crippen molar-refractivity contribution in [3.63, 3.8) is 0 Å². The molecule has 4 aromatic heterocycles. The van der Waals surface area contributed by atoms with Gasteiger partial charge in [-0.25, -0.2) is 0 Å². The van der Waals surface area contributed by atoms with Crippen LogP contribution in [-0.2, 0) is 12.8 Å². The van der Waals surface area contributed by atoms with E-state index in [9.17, 15) is 4.79 Å². The average Bonchev–Trinajstić information content (AvgIpc) is 3.43. The summed E-state index contributed by atoms with van der Waals surface area (Å²) in [6.07, 6.45) is 0. The van der Waals surface area contributed by atoms with E-state index in [1.807, 2.05) is 22.6 Å². The first-order valence-electron chi connectivity index (χ1n) is 8.15. The van der Waals surface area contributed by atoms with E-state index >= 15 is 0 Å². The summed E-state index contributed by atoms with van der Waals surface area (Å²) >= 11 is 4.63. The van der Waals surface area contributed by atoms with Gasteiger partial charge in [0.1, 0.15) is 0 Å². The molecule has 0 bridgehead atoms. The Kier molecular flexibility index (Phi) is 4.05. The molecule has 0 fully saturated rings. The Morgan fingerprint density at radius 3 is 2.75 bits per heavy atom. The molecular weight excluding hydrogens is 448 g/mol. The van der Waals surface area contributed by atoms with E-state index in [0.717, 1.165) is 5.52 Å². The number of hydrogen-bond acceptors (Lipinski definition) is 8. The van der Waals surface area contributed by atoms with Crippen LogP contribution in [0.1, 0.15) is 5.89 Å². The average molecular weight is 459 g/mol. The Labute approximate surface area is 169 Å². The number of para-hydroxylation sites is 1. The summed E-state index contributed by atoms with van der Waals surface area (Å²) in [4.78, 5) is 12.5. The summed E-state index contributed by atoms with van der Waals surface area (Å²) in [5.74, 6) is 2.09. The lowest BCUT2D eigenvalue weighted by Crippen LogP contribution is -2.20. The molecule has 4 heterocycles. The number of aryl methyl sites for hydroxylation is 1. The molecule has 5 aromatic rings. The molecule has 140 valence electrons. The largest absolute Gasteiger partial charge is 0.444 e. The molecule has 0 saturated carbocycles. The first-order valence-corrected chi connectivity index (χ1v) is 9.93. The Hall–Kier alpha value is -2.92. The molecule has 5 rings (SSSR count). The number of furan rings is 1. The van der Waals surface area contributed by atoms with Gasteiger partial charge in [0.2, 0.25) is 11.7 Å². The van der Waals surface area contributed by atoms with Gasteiger partial charge in [0, 0.05) is 7.05 Å². The molecule has 0 saturated heterocycles. The lowest BCUT2D eigenvalue weighted by molar-refractivity contribution is 0.486. The maximum atomic E-state index is 12.5. The van der Waals surface area contributed by atoms with Crippen molar-refractivity contribution in [2.24, 2.45) is 7.05 Å². The second kappa shape index (κ2) is 6.60. The molecule has 0 N–H and O–H groups in total. The third-order valence-electron chi connectivity index (χ3n) is 4.17. The number of aromatic nitrogens is 6. The fourth-order valence-corrected chi connectivity index (χ4v) is 3.96. The maximum absolute atomic E-state index is 12.5. The van der Waals surface area contributed by atoms with Gasteiger partial charge in [0.05, 0.1) is 16.7 Å². The van der Waals surface area contributed by atoms with Crippen molar-refractivity contribution >= 4 is 44.4 Å². The van der Waals surface area contributed by atoms with E-state index in [1.165, 1.54) is 16.3 Å². The number of nitrogens with zero attached hydrogens (tertiary/aromatic N) is 6. The summed E-state index contributed by atoms with van der Waals surface area (Å²) in [5, 5.41) is 17.7. The van der Waals surface area contributed by atoms with Gasteiger partial charge >= 0.3 is 0 Å². The van der Waals surface area contributed by atoms with E-state index in [2.05, 4.69) is 36.3 Å². The number of hydrogen-bond donors (Lipinski definition) is 0. The van der Waals surface area contributed by atoms with Crippen LogP contribution >= 0.6 is 27.7 Å². The van der Waals surface area contributed by atoms with Crippen LogP contribution in [0.15, 0.2) is 59.9 Å². The van der Waals surface area contributed by atoms with Crippen LogP contribution < -0.4 is 5.56 Å². The number of benzene rings is 1. The van der Waals surface area contributed by atoms with Crippen LogP contribution in [0.4, 0.5) is 0 Å². The summed E-state index contributed by atoms with van der Waals surface area (Å²) in [7, 11) is 1.68. The third-order valence-corrected chi connectivity index (χ3v) is 5.51. The summed E-state index contributed by atoms with van der Waals surface area (Å²) in [6.45, 7) is 0. The number of fused-ring (bicyclic) bond motifs is 3. The van der Waals surface area contributed by atoms with Gasteiger partial charge in [-0.2, -0.15) is 0 Å². The van der Waals surface area contributed by atoms with Gasteiger partial charge in [-0.05, 0) is 40.2 Å². The molecule has 0 unspecified atom stereocenters. The molecular formula is C17H11BrN6O3S. The van der Waals surface area contributed by atoms with E-state index in [-0.39, 0.29) is 5.56 Å². The van der Waals surface area contributed by atoms with Gasteiger partial charge in [-0.1, -0.05) is 23.9 Å². The molecule has 1 aromatic carbocycles. The highest BCUT2D eigenvalue weighted by molar-refractivity contribution is 9.10. The highest BCUT2D eigenvalue weighted by Crippen LogP contribution is 2.27. The van der Waals surface area contributed by atoms with Gasteiger partial charge in [0.25, 0.3) is 11.4 Å². The second-order valence-corrected chi connectivity index (χ2v) is 7.62. The van der Waals surface area contributed by atoms with Crippen LogP contribution in [0.2, 0.25) is 0 Å². The zero-order chi connectivity index (χ0) is 19.3. The normalized spacial score (nSPS) is 11.6. The van der Waals surface area contributed by atoms with E-state index in [1.54, 1.807) is 25.2 Å². The lowest BCUT2D eigenvalue weighted by Gasteiger charge is -2.06. The number of rotatable bonds is 4. The van der Waals surface area contributed by atoms with Gasteiger partial charge < -0.3 is 8.83 Å². The van der Waals surface area contributed by atoms with Gasteiger partial charge in [-0.15, -0.1) is 20.4 Å². The standard InChI is InChI=1S/C17H11BrN6O3S/c1-23-15(25)9-4-2-3-5-10(9)24-16(23)21-22-17(24)28-8-13-19-20-14(27-13)11-6-7-12(18)26-11/h2-7H,8H2,1H3. The van der Waals surface area contributed by atoms with E-state index in [4.69, 9.17) is 8.83 Å². The summed E-state index contributed by atoms with van der Waals surface area (Å²) in [5.41, 5.74) is 0.637. The van der Waals surface area contributed by atoms with Crippen molar-refractivity contribution in [2.75, 3.05) is 0 Å². The Balaban J connectivity index is 1.50. The van der Waals surface area contributed by atoms with E-state index < -0.39 is 0 Å². The zero-order valence-electron chi connectivity index (χ0n) is 14.4. The Morgan fingerprint density at radius 1 is 1.07 bits per heavy atom. The fraction of sp³-hybridized carbons (Fsp3) is 0.118. The molecule has 0 radical (unpaired) electrons. The second-order valence-electron chi connectivity index (χ2n) is 5.89. The third kappa shape index (κ3) is 2.74. The van der Waals surface area contributed by atoms with Crippen LogP contribution in [0, 0.1) is 0 Å². The molecule has 0 aliphatic carbocycles. The molecule has 0 amide bonds. The summed E-state index contributed by atoms with van der Waals surface area (Å²) < 4.78 is 15.0. The minimum Gasteiger partial charge on any atom is -0.444 e. The summed E-state index contributed by atoms with van der Waals surface area (Å²) in [6, 6.07) is 10.9. The van der Waals surface area contributed by atoms with Crippen molar-refractivity contribution < 1.29 is 8.83 Å². The first-order chi connectivity index (χ1) is 13.6. The molecule has 28 heavy (non-hydrogen) atoms. The Morgan fingerprint density at radius 2 is 1.93 bits per heavy atom. The minimum atomic E-state index is -0.113. The highest BCUT2D eigenvalue weighted by Gasteiger charge is 2.17. The van der Waals surface area contributed by atoms with Crippen LogP contribution in [0.3, 0.4) is 0 Å². The van der Waals surface area contributed by atoms with Crippen molar-refractivity contribution in [1.29, 1.82) is 0 Å². The molecule has 11 heteroatoms. The molecule has 0 aliphatic heterocycles.